The Hall–Kier alpha value is -2.07. The highest BCUT2D eigenvalue weighted by Gasteiger charge is 2.27. The fourth-order valence-corrected chi connectivity index (χ4v) is 3.64. The summed E-state index contributed by atoms with van der Waals surface area (Å²) in [6.07, 6.45) is 10.6. The fourth-order valence-electron chi connectivity index (χ4n) is 3.13. The second-order valence-electron chi connectivity index (χ2n) is 6.84. The van der Waals surface area contributed by atoms with Gasteiger partial charge in [0.15, 0.2) is 0 Å². The lowest BCUT2D eigenvalue weighted by Crippen LogP contribution is -2.06. The van der Waals surface area contributed by atoms with Gasteiger partial charge in [-0.2, -0.15) is 0 Å². The first-order chi connectivity index (χ1) is 13.2. The van der Waals surface area contributed by atoms with E-state index < -0.39 is 36.2 Å². The molecule has 0 spiro atoms. The SMILES string of the molecule is CCCCCCCCCCCCc1c([N+](=O)[O-])cc(S(=O)(=O)[O-])cc1[N+](=O)[O-]. The van der Waals surface area contributed by atoms with Crippen LogP contribution in [-0.4, -0.2) is 22.8 Å². The highest BCUT2D eigenvalue weighted by atomic mass is 32.2. The minimum absolute atomic E-state index is 0.0856. The Balaban J connectivity index is 2.69. The summed E-state index contributed by atoms with van der Waals surface area (Å²) in [6, 6.07) is 1.22. The van der Waals surface area contributed by atoms with Gasteiger partial charge in [-0.05, 0) is 12.8 Å². The molecule has 0 heterocycles. The fraction of sp³-hybridized carbons (Fsp3) is 0.667. The molecule has 1 rings (SSSR count). The van der Waals surface area contributed by atoms with Gasteiger partial charge in [-0.3, -0.25) is 20.2 Å². The molecule has 0 bridgehead atoms. The molecule has 10 heteroatoms. The van der Waals surface area contributed by atoms with E-state index in [9.17, 15) is 33.2 Å². The van der Waals surface area contributed by atoms with Crippen molar-refractivity contribution in [1.82, 2.24) is 0 Å². The molecular weight excluding hydrogens is 388 g/mol. The molecule has 0 fully saturated rings. The lowest BCUT2D eigenvalue weighted by molar-refractivity contribution is -0.395. The molecular formula is C18H27N2O7S-. The van der Waals surface area contributed by atoms with E-state index in [4.69, 9.17) is 0 Å². The number of rotatable bonds is 14. The molecule has 28 heavy (non-hydrogen) atoms. The number of nitro groups is 2. The Bertz CT molecular complexity index is 743. The Labute approximate surface area is 165 Å². The maximum absolute atomic E-state index is 11.2. The summed E-state index contributed by atoms with van der Waals surface area (Å²) in [7, 11) is -5.03. The second kappa shape index (κ2) is 11.7. The summed E-state index contributed by atoms with van der Waals surface area (Å²) in [5.41, 5.74) is -1.53. The topological polar surface area (TPSA) is 143 Å². The quantitative estimate of drug-likeness (QED) is 0.182. The van der Waals surface area contributed by atoms with Gasteiger partial charge >= 0.3 is 0 Å². The van der Waals surface area contributed by atoms with E-state index in [0.717, 1.165) is 25.7 Å². The van der Waals surface area contributed by atoms with Crippen molar-refractivity contribution in [2.75, 3.05) is 0 Å². The van der Waals surface area contributed by atoms with Crippen LogP contribution in [0.1, 0.15) is 76.7 Å². The first-order valence-electron chi connectivity index (χ1n) is 9.60. The summed E-state index contributed by atoms with van der Waals surface area (Å²) in [4.78, 5) is 19.8. The van der Waals surface area contributed by atoms with Crippen LogP contribution >= 0.6 is 0 Å². The zero-order chi connectivity index (χ0) is 21.2. The Kier molecular flexibility index (Phi) is 10.0. The molecule has 0 saturated heterocycles. The van der Waals surface area contributed by atoms with Crippen LogP contribution in [0.15, 0.2) is 17.0 Å². The largest absolute Gasteiger partial charge is 0.744 e. The predicted molar refractivity (Wildman–Crippen MR) is 103 cm³/mol. The monoisotopic (exact) mass is 415 g/mol. The van der Waals surface area contributed by atoms with Gasteiger partial charge in [-0.25, -0.2) is 8.42 Å². The molecule has 0 saturated carbocycles. The van der Waals surface area contributed by atoms with Gasteiger partial charge in [-0.15, -0.1) is 0 Å². The van der Waals surface area contributed by atoms with Crippen LogP contribution in [0.25, 0.3) is 0 Å². The Morgan fingerprint density at radius 1 is 0.786 bits per heavy atom. The lowest BCUT2D eigenvalue weighted by atomic mass is 10.0. The molecule has 1 aromatic rings. The minimum Gasteiger partial charge on any atom is -0.744 e. The molecule has 0 amide bonds. The number of unbranched alkanes of at least 4 members (excludes halogenated alkanes) is 9. The van der Waals surface area contributed by atoms with Crippen molar-refractivity contribution in [1.29, 1.82) is 0 Å². The van der Waals surface area contributed by atoms with Crippen molar-refractivity contribution >= 4 is 21.5 Å². The van der Waals surface area contributed by atoms with Crippen LogP contribution < -0.4 is 0 Å². The average Bonchev–Trinajstić information content (AvgIpc) is 2.61. The van der Waals surface area contributed by atoms with Gasteiger partial charge in [0, 0.05) is 12.1 Å². The van der Waals surface area contributed by atoms with E-state index >= 15 is 0 Å². The first-order valence-corrected chi connectivity index (χ1v) is 11.0. The summed E-state index contributed by atoms with van der Waals surface area (Å²) in [5, 5.41) is 22.5. The normalized spacial score (nSPS) is 11.5. The minimum atomic E-state index is -5.03. The van der Waals surface area contributed by atoms with E-state index in [-0.39, 0.29) is 12.0 Å². The third-order valence-electron chi connectivity index (χ3n) is 4.64. The van der Waals surface area contributed by atoms with E-state index in [1.165, 1.54) is 32.1 Å². The molecule has 0 aliphatic carbocycles. The standard InChI is InChI=1S/C18H28N2O7S/c1-2-3-4-5-6-7-8-9-10-11-12-16-17(19(21)22)13-15(28(25,26)27)14-18(16)20(23)24/h13-14H,2-12H2,1H3,(H,25,26,27)/p-1. The van der Waals surface area contributed by atoms with Crippen molar-refractivity contribution in [3.05, 3.63) is 37.9 Å². The van der Waals surface area contributed by atoms with Gasteiger partial charge in [-0.1, -0.05) is 64.7 Å². The van der Waals surface area contributed by atoms with Crippen molar-refractivity contribution in [3.8, 4) is 0 Å². The molecule has 0 aromatic heterocycles. The molecule has 0 radical (unpaired) electrons. The van der Waals surface area contributed by atoms with Crippen LogP contribution in [-0.2, 0) is 16.5 Å². The number of benzene rings is 1. The second-order valence-corrected chi connectivity index (χ2v) is 8.22. The number of nitrogens with zero attached hydrogens (tertiary/aromatic N) is 2. The van der Waals surface area contributed by atoms with Gasteiger partial charge < -0.3 is 4.55 Å². The summed E-state index contributed by atoms with van der Waals surface area (Å²) < 4.78 is 33.4. The van der Waals surface area contributed by atoms with Gasteiger partial charge in [0.2, 0.25) is 0 Å². The summed E-state index contributed by atoms with van der Waals surface area (Å²) in [5.74, 6) is 0. The molecule has 158 valence electrons. The maximum atomic E-state index is 11.2. The average molecular weight is 415 g/mol. The maximum Gasteiger partial charge on any atom is 0.280 e. The molecule has 1 aromatic carbocycles. The smallest absolute Gasteiger partial charge is 0.280 e. The number of hydrogen-bond acceptors (Lipinski definition) is 7. The Morgan fingerprint density at radius 2 is 1.18 bits per heavy atom. The molecule has 0 aliphatic rings. The summed E-state index contributed by atoms with van der Waals surface area (Å²) in [6.45, 7) is 2.17. The van der Waals surface area contributed by atoms with Gasteiger partial charge in [0.25, 0.3) is 11.4 Å². The third-order valence-corrected chi connectivity index (χ3v) is 5.45. The summed E-state index contributed by atoms with van der Waals surface area (Å²) >= 11 is 0. The predicted octanol–water partition coefficient (Wildman–Crippen LogP) is 4.87. The molecule has 9 nitrogen and oxygen atoms in total. The van der Waals surface area contributed by atoms with Crippen molar-refractivity contribution in [2.45, 2.75) is 82.4 Å². The van der Waals surface area contributed by atoms with Crippen LogP contribution in [0.4, 0.5) is 11.4 Å². The van der Waals surface area contributed by atoms with E-state index in [0.29, 0.717) is 18.6 Å². The molecule has 0 aliphatic heterocycles. The van der Waals surface area contributed by atoms with E-state index in [1.54, 1.807) is 0 Å². The zero-order valence-corrected chi connectivity index (χ0v) is 16.9. The van der Waals surface area contributed by atoms with Gasteiger partial charge in [0.05, 0.1) is 14.7 Å². The lowest BCUT2D eigenvalue weighted by Gasteiger charge is -2.10. The number of nitro benzene ring substituents is 2. The highest BCUT2D eigenvalue weighted by molar-refractivity contribution is 7.85. The molecule has 0 N–H and O–H groups in total. The van der Waals surface area contributed by atoms with Crippen LogP contribution in [0.3, 0.4) is 0 Å². The van der Waals surface area contributed by atoms with Crippen LogP contribution in [0, 0.1) is 20.2 Å². The van der Waals surface area contributed by atoms with Gasteiger partial charge in [0.1, 0.15) is 15.7 Å². The molecule has 0 unspecified atom stereocenters. The Morgan fingerprint density at radius 3 is 1.54 bits per heavy atom. The highest BCUT2D eigenvalue weighted by Crippen LogP contribution is 2.33. The molecule has 0 atom stereocenters. The van der Waals surface area contributed by atoms with Crippen molar-refractivity contribution < 1.29 is 22.8 Å². The third kappa shape index (κ3) is 7.89. The van der Waals surface area contributed by atoms with Crippen molar-refractivity contribution in [2.24, 2.45) is 0 Å². The zero-order valence-electron chi connectivity index (χ0n) is 16.1. The van der Waals surface area contributed by atoms with Crippen molar-refractivity contribution in [3.63, 3.8) is 0 Å². The number of hydrogen-bond donors (Lipinski definition) is 0. The first kappa shape index (κ1) is 24.0. The van der Waals surface area contributed by atoms with Crippen LogP contribution in [0.5, 0.6) is 0 Å². The van der Waals surface area contributed by atoms with E-state index in [1.807, 2.05) is 0 Å². The van der Waals surface area contributed by atoms with Crippen LogP contribution in [0.2, 0.25) is 0 Å². The van der Waals surface area contributed by atoms with E-state index in [2.05, 4.69) is 6.92 Å².